The minimum Gasteiger partial charge on any atom is -0.350 e. The number of nitrogens with one attached hydrogen (secondary N) is 1. The quantitative estimate of drug-likeness (QED) is 0.756. The Bertz CT molecular complexity index is 220. The van der Waals surface area contributed by atoms with Crippen molar-refractivity contribution in [3.63, 3.8) is 0 Å². The fourth-order valence-electron chi connectivity index (χ4n) is 2.12. The molecule has 1 aliphatic heterocycles. The fourth-order valence-corrected chi connectivity index (χ4v) is 2.12. The average Bonchev–Trinajstić information content (AvgIpc) is 2.15. The first-order valence-electron chi connectivity index (χ1n) is 6.00. The molecule has 0 aliphatic carbocycles. The maximum Gasteiger partial charge on any atom is 0.237 e. The number of likely N-dealkylation sites (tertiary alicyclic amines) is 1. The van der Waals surface area contributed by atoms with Crippen LogP contribution < -0.4 is 5.32 Å². The van der Waals surface area contributed by atoms with Gasteiger partial charge in [0, 0.05) is 5.54 Å². The largest absolute Gasteiger partial charge is 0.350 e. The molecule has 15 heavy (non-hydrogen) atoms. The summed E-state index contributed by atoms with van der Waals surface area (Å²) in [7, 11) is 0. The van der Waals surface area contributed by atoms with Gasteiger partial charge in [0.05, 0.1) is 6.04 Å². The Balaban J connectivity index is 2.56. The Morgan fingerprint density at radius 3 is 2.60 bits per heavy atom. The highest BCUT2D eigenvalue weighted by Crippen LogP contribution is 2.17. The summed E-state index contributed by atoms with van der Waals surface area (Å²) in [5, 5.41) is 3.07. The van der Waals surface area contributed by atoms with Crippen molar-refractivity contribution in [3.05, 3.63) is 0 Å². The highest BCUT2D eigenvalue weighted by atomic mass is 16.2. The zero-order valence-electron chi connectivity index (χ0n) is 10.5. The molecule has 1 aliphatic rings. The summed E-state index contributed by atoms with van der Waals surface area (Å²) in [5.41, 5.74) is -0.117. The van der Waals surface area contributed by atoms with Gasteiger partial charge in [-0.25, -0.2) is 0 Å². The van der Waals surface area contributed by atoms with Crippen LogP contribution in [0.1, 0.15) is 47.0 Å². The van der Waals surface area contributed by atoms with Crippen molar-refractivity contribution in [3.8, 4) is 0 Å². The van der Waals surface area contributed by atoms with Gasteiger partial charge >= 0.3 is 0 Å². The third-order valence-corrected chi connectivity index (χ3v) is 2.82. The summed E-state index contributed by atoms with van der Waals surface area (Å²) in [6, 6.07) is 0.1000. The van der Waals surface area contributed by atoms with Crippen LogP contribution in [0.5, 0.6) is 0 Å². The van der Waals surface area contributed by atoms with Crippen molar-refractivity contribution >= 4 is 5.91 Å². The maximum atomic E-state index is 12.0. The molecule has 3 nitrogen and oxygen atoms in total. The minimum absolute atomic E-state index is 0.1000. The molecule has 88 valence electrons. The lowest BCUT2D eigenvalue weighted by atomic mass is 10.00. The second-order valence-electron chi connectivity index (χ2n) is 5.38. The van der Waals surface area contributed by atoms with Crippen LogP contribution in [0.2, 0.25) is 0 Å². The van der Waals surface area contributed by atoms with E-state index < -0.39 is 0 Å². The van der Waals surface area contributed by atoms with Crippen LogP contribution in [0.25, 0.3) is 0 Å². The summed E-state index contributed by atoms with van der Waals surface area (Å²) in [4.78, 5) is 14.3. The summed E-state index contributed by atoms with van der Waals surface area (Å²) >= 11 is 0. The summed E-state index contributed by atoms with van der Waals surface area (Å²) in [6.45, 7) is 10.3. The van der Waals surface area contributed by atoms with Crippen molar-refractivity contribution in [1.29, 1.82) is 0 Å². The number of rotatable bonds is 2. The second-order valence-corrected chi connectivity index (χ2v) is 5.38. The van der Waals surface area contributed by atoms with Gasteiger partial charge in [-0.2, -0.15) is 0 Å². The third kappa shape index (κ3) is 3.82. The van der Waals surface area contributed by atoms with Gasteiger partial charge in [0.25, 0.3) is 0 Å². The molecule has 0 radical (unpaired) electrons. The number of hydrogen-bond acceptors (Lipinski definition) is 2. The average molecular weight is 212 g/mol. The van der Waals surface area contributed by atoms with E-state index in [1.54, 1.807) is 0 Å². The van der Waals surface area contributed by atoms with Gasteiger partial charge in [0.1, 0.15) is 0 Å². The Hall–Kier alpha value is -0.570. The van der Waals surface area contributed by atoms with Crippen molar-refractivity contribution < 1.29 is 4.79 Å². The van der Waals surface area contributed by atoms with Crippen molar-refractivity contribution in [2.24, 2.45) is 0 Å². The molecule has 3 heteroatoms. The van der Waals surface area contributed by atoms with Crippen molar-refractivity contribution in [2.45, 2.75) is 58.5 Å². The van der Waals surface area contributed by atoms with Gasteiger partial charge in [-0.1, -0.05) is 13.3 Å². The highest BCUT2D eigenvalue weighted by molar-refractivity contribution is 5.82. The second kappa shape index (κ2) is 4.97. The van der Waals surface area contributed by atoms with Gasteiger partial charge < -0.3 is 5.32 Å². The van der Waals surface area contributed by atoms with E-state index in [1.807, 2.05) is 20.8 Å². The van der Waals surface area contributed by atoms with Crippen LogP contribution in [0.15, 0.2) is 0 Å². The molecule has 1 saturated heterocycles. The molecule has 1 N–H and O–H groups in total. The Kier molecular flexibility index (Phi) is 4.14. The van der Waals surface area contributed by atoms with Crippen LogP contribution in [0.4, 0.5) is 0 Å². The molecule has 1 amide bonds. The number of piperidine rings is 1. The van der Waals surface area contributed by atoms with Gasteiger partial charge in [-0.15, -0.1) is 0 Å². The van der Waals surface area contributed by atoms with E-state index in [0.29, 0.717) is 0 Å². The Morgan fingerprint density at radius 2 is 2.07 bits per heavy atom. The van der Waals surface area contributed by atoms with E-state index >= 15 is 0 Å². The number of carbonyl (C=O) groups excluding carboxylic acids is 1. The summed E-state index contributed by atoms with van der Waals surface area (Å²) in [5.74, 6) is 0.198. The summed E-state index contributed by atoms with van der Waals surface area (Å²) < 4.78 is 0. The van der Waals surface area contributed by atoms with Crippen LogP contribution >= 0.6 is 0 Å². The Labute approximate surface area is 93.2 Å². The molecule has 1 fully saturated rings. The molecule has 1 heterocycles. The number of nitrogens with zero attached hydrogens (tertiary/aromatic N) is 1. The number of amides is 1. The molecule has 1 rings (SSSR count). The molecule has 0 bridgehead atoms. The highest BCUT2D eigenvalue weighted by Gasteiger charge is 2.29. The molecular weight excluding hydrogens is 188 g/mol. The van der Waals surface area contributed by atoms with Gasteiger partial charge in [0.2, 0.25) is 5.91 Å². The summed E-state index contributed by atoms with van der Waals surface area (Å²) in [6.07, 6.45) is 3.42. The van der Waals surface area contributed by atoms with E-state index in [0.717, 1.165) is 19.5 Å². The normalized spacial score (nSPS) is 23.9. The number of likely N-dealkylation sites (N-methyl/N-ethyl adjacent to an activating group) is 1. The van der Waals surface area contributed by atoms with Crippen molar-refractivity contribution in [2.75, 3.05) is 13.1 Å². The SMILES string of the molecule is CCN1CCCC[C@H]1C(=O)NC(C)(C)C. The smallest absolute Gasteiger partial charge is 0.237 e. The number of hydrogen-bond donors (Lipinski definition) is 1. The Morgan fingerprint density at radius 1 is 1.40 bits per heavy atom. The van der Waals surface area contributed by atoms with E-state index in [-0.39, 0.29) is 17.5 Å². The van der Waals surface area contributed by atoms with Crippen LogP contribution in [0, 0.1) is 0 Å². The molecule has 1 atom stereocenters. The topological polar surface area (TPSA) is 32.3 Å². The lowest BCUT2D eigenvalue weighted by molar-refractivity contribution is -0.129. The predicted molar refractivity (Wildman–Crippen MR) is 62.8 cm³/mol. The first-order valence-corrected chi connectivity index (χ1v) is 6.00. The first kappa shape index (κ1) is 12.5. The first-order chi connectivity index (χ1) is 6.94. The van der Waals surface area contributed by atoms with E-state index in [2.05, 4.69) is 17.1 Å². The van der Waals surface area contributed by atoms with E-state index in [9.17, 15) is 4.79 Å². The molecule has 0 aromatic carbocycles. The molecule has 0 spiro atoms. The molecule has 0 aromatic heterocycles. The van der Waals surface area contributed by atoms with Gasteiger partial charge in [-0.05, 0) is 46.7 Å². The molecule has 0 unspecified atom stereocenters. The predicted octanol–water partition coefficient (Wildman–Crippen LogP) is 1.78. The van der Waals surface area contributed by atoms with Gasteiger partial charge in [0.15, 0.2) is 0 Å². The molecule has 0 aromatic rings. The van der Waals surface area contributed by atoms with Crippen LogP contribution in [-0.4, -0.2) is 35.5 Å². The van der Waals surface area contributed by atoms with E-state index in [1.165, 1.54) is 12.8 Å². The zero-order valence-corrected chi connectivity index (χ0v) is 10.5. The van der Waals surface area contributed by atoms with E-state index in [4.69, 9.17) is 0 Å². The monoisotopic (exact) mass is 212 g/mol. The molecule has 0 saturated carbocycles. The maximum absolute atomic E-state index is 12.0. The van der Waals surface area contributed by atoms with Crippen LogP contribution in [0.3, 0.4) is 0 Å². The molecular formula is C12H24N2O. The lowest BCUT2D eigenvalue weighted by Crippen LogP contribution is -2.53. The third-order valence-electron chi connectivity index (χ3n) is 2.82. The fraction of sp³-hybridized carbons (Fsp3) is 0.917. The standard InChI is InChI=1S/C12H24N2O/c1-5-14-9-7-6-8-10(14)11(15)13-12(2,3)4/h10H,5-9H2,1-4H3,(H,13,15)/t10-/m0/s1. The zero-order chi connectivity index (χ0) is 11.5. The van der Waals surface area contributed by atoms with Gasteiger partial charge in [-0.3, -0.25) is 9.69 Å². The van der Waals surface area contributed by atoms with Crippen molar-refractivity contribution in [1.82, 2.24) is 10.2 Å². The number of carbonyl (C=O) groups is 1. The minimum atomic E-state index is -0.117. The lowest BCUT2D eigenvalue weighted by Gasteiger charge is -2.35. The van der Waals surface area contributed by atoms with Crippen LogP contribution in [-0.2, 0) is 4.79 Å².